The Kier molecular flexibility index (Phi) is 13.2. The Hall–Kier alpha value is -4.99. The van der Waals surface area contributed by atoms with Gasteiger partial charge in [0.25, 0.3) is 11.1 Å². The smallest absolute Gasteiger partial charge is 0.251 e. The monoisotopic (exact) mass is 777 g/mol. The molecule has 6 aromatic heterocycles. The molecule has 8 rings (SSSR count). The molecular formula is C42H51N9O4S. The zero-order valence-corrected chi connectivity index (χ0v) is 33.0. The predicted molar refractivity (Wildman–Crippen MR) is 223 cm³/mol. The summed E-state index contributed by atoms with van der Waals surface area (Å²) in [4.78, 5) is 44.1. The lowest BCUT2D eigenvalue weighted by atomic mass is 10.0. The molecule has 0 amide bonds. The maximum absolute atomic E-state index is 12.5. The summed E-state index contributed by atoms with van der Waals surface area (Å²) in [5.41, 5.74) is 11.4. The Morgan fingerprint density at radius 3 is 1.79 bits per heavy atom. The second kappa shape index (κ2) is 18.8. The van der Waals surface area contributed by atoms with Crippen LogP contribution in [0.2, 0.25) is 0 Å². The molecule has 0 unspecified atom stereocenters. The van der Waals surface area contributed by atoms with Gasteiger partial charge in [-0.2, -0.15) is 0 Å². The number of methoxy groups -OCH3 is 2. The Labute approximate surface area is 330 Å². The summed E-state index contributed by atoms with van der Waals surface area (Å²) in [6.07, 6.45) is 9.58. The van der Waals surface area contributed by atoms with Gasteiger partial charge in [0.2, 0.25) is 0 Å². The third-order valence-corrected chi connectivity index (χ3v) is 11.7. The Morgan fingerprint density at radius 1 is 0.714 bits per heavy atom. The van der Waals surface area contributed by atoms with Gasteiger partial charge in [-0.25, -0.2) is 0 Å². The highest BCUT2D eigenvalue weighted by Gasteiger charge is 2.20. The van der Waals surface area contributed by atoms with Gasteiger partial charge in [0.15, 0.2) is 0 Å². The third-order valence-electron chi connectivity index (χ3n) is 10.8. The van der Waals surface area contributed by atoms with E-state index in [2.05, 4.69) is 59.7 Å². The molecule has 0 atom stereocenters. The van der Waals surface area contributed by atoms with E-state index in [0.29, 0.717) is 36.7 Å². The van der Waals surface area contributed by atoms with Crippen molar-refractivity contribution in [1.29, 1.82) is 0 Å². The molecule has 2 saturated heterocycles. The van der Waals surface area contributed by atoms with Crippen LogP contribution >= 0.6 is 11.3 Å². The molecule has 2 fully saturated rings. The summed E-state index contributed by atoms with van der Waals surface area (Å²) in [6, 6.07) is 19.7. The lowest BCUT2D eigenvalue weighted by molar-refractivity contribution is 0.191. The van der Waals surface area contributed by atoms with Crippen LogP contribution in [-0.4, -0.2) is 99.5 Å². The standard InChI is InChI=1S/C26H29N5O2S.C16H22N4O2/c1-33-21-15-24-22(29-18-21)6-7-26(32)31(24)13-12-30-10-8-20(9-11-30)27-16-19-4-5-23(28-17-19)25-3-2-14-34-25;1-22-13-10-15-14(18-11-13)2-3-16(21)20(15)9-8-19-6-4-12(17)5-7-19/h2-7,14-15,17-18,20,27H,8-13,16H2,1H3;2-3,10-12H,4-9,17H2,1H3. The van der Waals surface area contributed by atoms with Gasteiger partial charge in [-0.3, -0.25) is 24.5 Å². The molecule has 2 aliphatic rings. The van der Waals surface area contributed by atoms with E-state index in [1.54, 1.807) is 66.8 Å². The van der Waals surface area contributed by atoms with E-state index in [-0.39, 0.29) is 11.1 Å². The fourth-order valence-corrected chi connectivity index (χ4v) is 8.07. The molecule has 0 aliphatic carbocycles. The first-order valence-corrected chi connectivity index (χ1v) is 20.2. The second-order valence-electron chi connectivity index (χ2n) is 14.4. The van der Waals surface area contributed by atoms with E-state index < -0.39 is 0 Å². The molecule has 0 aromatic carbocycles. The minimum Gasteiger partial charge on any atom is -0.495 e. The van der Waals surface area contributed by atoms with Crippen LogP contribution < -0.4 is 31.6 Å². The molecule has 0 saturated carbocycles. The van der Waals surface area contributed by atoms with Gasteiger partial charge in [-0.05, 0) is 87.1 Å². The van der Waals surface area contributed by atoms with Gasteiger partial charge in [0, 0.05) is 75.3 Å². The fraction of sp³-hybridized carbons (Fsp3) is 0.405. The number of thiophene rings is 1. The van der Waals surface area contributed by atoms with E-state index in [9.17, 15) is 9.59 Å². The summed E-state index contributed by atoms with van der Waals surface area (Å²) in [7, 11) is 3.22. The molecule has 6 aromatic rings. The zero-order chi connectivity index (χ0) is 38.9. The first kappa shape index (κ1) is 39.3. The average Bonchev–Trinajstić information content (AvgIpc) is 3.79. The molecule has 3 N–H and O–H groups in total. The maximum atomic E-state index is 12.5. The van der Waals surface area contributed by atoms with Crippen molar-refractivity contribution in [2.75, 3.05) is 53.5 Å². The molecule has 0 radical (unpaired) electrons. The second-order valence-corrected chi connectivity index (χ2v) is 15.4. The minimum atomic E-state index is -0.00346. The lowest BCUT2D eigenvalue weighted by Crippen LogP contribution is -2.43. The van der Waals surface area contributed by atoms with E-state index >= 15 is 0 Å². The quantitative estimate of drug-likeness (QED) is 0.180. The normalized spacial score (nSPS) is 15.8. The van der Waals surface area contributed by atoms with Crippen LogP contribution in [0, 0.1) is 0 Å². The van der Waals surface area contributed by atoms with Crippen LogP contribution in [0.3, 0.4) is 0 Å². The predicted octanol–water partition coefficient (Wildman–Crippen LogP) is 4.61. The molecule has 0 spiro atoms. The number of nitrogens with zero attached hydrogens (tertiary/aromatic N) is 7. The molecule has 0 bridgehead atoms. The van der Waals surface area contributed by atoms with Crippen molar-refractivity contribution in [3.05, 3.63) is 111 Å². The van der Waals surface area contributed by atoms with Crippen molar-refractivity contribution in [2.45, 2.75) is 57.4 Å². The van der Waals surface area contributed by atoms with Gasteiger partial charge in [-0.1, -0.05) is 12.1 Å². The van der Waals surface area contributed by atoms with Gasteiger partial charge in [-0.15, -0.1) is 11.3 Å². The van der Waals surface area contributed by atoms with Crippen molar-refractivity contribution in [2.24, 2.45) is 5.73 Å². The molecule has 13 nitrogen and oxygen atoms in total. The van der Waals surface area contributed by atoms with Crippen LogP contribution in [0.15, 0.2) is 94.2 Å². The minimum absolute atomic E-state index is 0.00203. The van der Waals surface area contributed by atoms with Gasteiger partial charge in [0.1, 0.15) is 11.5 Å². The number of nitrogens with two attached hydrogens (primary N) is 1. The Balaban J connectivity index is 0.000000189. The summed E-state index contributed by atoms with van der Waals surface area (Å²) in [6.45, 7) is 7.88. The van der Waals surface area contributed by atoms with Crippen LogP contribution in [0.5, 0.6) is 11.5 Å². The summed E-state index contributed by atoms with van der Waals surface area (Å²) < 4.78 is 14.1. The maximum Gasteiger partial charge on any atom is 0.251 e. The van der Waals surface area contributed by atoms with E-state index in [1.807, 2.05) is 22.9 Å². The summed E-state index contributed by atoms with van der Waals surface area (Å²) in [5.74, 6) is 1.32. The SMILES string of the molecule is COc1cnc2ccc(=O)n(CCN3CCC(N)CC3)c2c1.COc1cnc2ccc(=O)n(CCN3CCC(NCc4ccc(-c5cccs5)nc4)CC3)c2c1. The molecule has 14 heteroatoms. The fourth-order valence-electron chi connectivity index (χ4n) is 7.36. The molecule has 2 aliphatic heterocycles. The number of rotatable bonds is 12. The third kappa shape index (κ3) is 9.87. The number of aromatic nitrogens is 5. The number of likely N-dealkylation sites (tertiary alicyclic amines) is 2. The van der Waals surface area contributed by atoms with Crippen LogP contribution in [0.25, 0.3) is 32.6 Å². The number of nitrogens with one attached hydrogen (secondary N) is 1. The number of piperidine rings is 2. The molecule has 56 heavy (non-hydrogen) atoms. The highest BCUT2D eigenvalue weighted by molar-refractivity contribution is 7.13. The number of pyridine rings is 5. The van der Waals surface area contributed by atoms with Gasteiger partial charge in [0.05, 0.1) is 59.3 Å². The van der Waals surface area contributed by atoms with Crippen molar-refractivity contribution in [3.8, 4) is 22.1 Å². The largest absolute Gasteiger partial charge is 0.495 e. The summed E-state index contributed by atoms with van der Waals surface area (Å²) in [5, 5.41) is 5.77. The van der Waals surface area contributed by atoms with E-state index in [1.165, 1.54) is 10.4 Å². The molecule has 294 valence electrons. The topological polar surface area (TPSA) is 146 Å². The number of hydrogen-bond donors (Lipinski definition) is 2. The van der Waals surface area contributed by atoms with Gasteiger partial charge < -0.3 is 39.5 Å². The molecular weight excluding hydrogens is 727 g/mol. The first-order chi connectivity index (χ1) is 27.4. The van der Waals surface area contributed by atoms with Crippen LogP contribution in [0.4, 0.5) is 0 Å². The van der Waals surface area contributed by atoms with Crippen molar-refractivity contribution < 1.29 is 9.47 Å². The van der Waals surface area contributed by atoms with Gasteiger partial charge >= 0.3 is 0 Å². The highest BCUT2D eigenvalue weighted by Crippen LogP contribution is 2.23. The number of ether oxygens (including phenoxy) is 2. The Morgan fingerprint density at radius 2 is 1.29 bits per heavy atom. The lowest BCUT2D eigenvalue weighted by Gasteiger charge is -2.32. The number of hydrogen-bond acceptors (Lipinski definition) is 12. The van der Waals surface area contributed by atoms with Crippen LogP contribution in [0.1, 0.15) is 31.2 Å². The first-order valence-electron chi connectivity index (χ1n) is 19.4. The van der Waals surface area contributed by atoms with Crippen molar-refractivity contribution in [3.63, 3.8) is 0 Å². The average molecular weight is 778 g/mol. The Bertz CT molecular complexity index is 2300. The van der Waals surface area contributed by atoms with Crippen LogP contribution in [-0.2, 0) is 19.6 Å². The summed E-state index contributed by atoms with van der Waals surface area (Å²) >= 11 is 1.71. The number of fused-ring (bicyclic) bond motifs is 2. The zero-order valence-electron chi connectivity index (χ0n) is 32.2. The molecule has 8 heterocycles. The van der Waals surface area contributed by atoms with E-state index in [4.69, 9.17) is 15.2 Å². The highest BCUT2D eigenvalue weighted by atomic mass is 32.1. The van der Waals surface area contributed by atoms with Crippen molar-refractivity contribution in [1.82, 2.24) is 39.2 Å². The van der Waals surface area contributed by atoms with Crippen molar-refractivity contribution >= 4 is 33.4 Å². The van der Waals surface area contributed by atoms with E-state index in [0.717, 1.165) is 99.3 Å².